The van der Waals surface area contributed by atoms with Crippen molar-refractivity contribution in [3.05, 3.63) is 0 Å². The van der Waals surface area contributed by atoms with E-state index in [2.05, 4.69) is 10.6 Å². The third-order valence-electron chi connectivity index (χ3n) is 2.99. The van der Waals surface area contributed by atoms with Crippen LogP contribution in [-0.2, 0) is 14.8 Å². The number of carbonyl (C=O) groups excluding carboxylic acids is 2. The molecule has 1 saturated heterocycles. The van der Waals surface area contributed by atoms with Crippen LogP contribution in [0.25, 0.3) is 0 Å². The average Bonchev–Trinajstić information content (AvgIpc) is 2.89. The number of sulfonamides is 1. The molecule has 128 valence electrons. The van der Waals surface area contributed by atoms with E-state index < -0.39 is 28.0 Å². The molecule has 2 atom stereocenters. The van der Waals surface area contributed by atoms with Gasteiger partial charge in [0.15, 0.2) is 0 Å². The third kappa shape index (κ3) is 8.74. The van der Waals surface area contributed by atoms with E-state index in [4.69, 9.17) is 0 Å². The van der Waals surface area contributed by atoms with E-state index in [1.54, 1.807) is 0 Å². The van der Waals surface area contributed by atoms with Crippen LogP contribution >= 0.6 is 21.6 Å². The molecule has 10 heteroatoms. The van der Waals surface area contributed by atoms with Gasteiger partial charge in [-0.25, -0.2) is 13.2 Å². The van der Waals surface area contributed by atoms with Crippen LogP contribution < -0.4 is 15.4 Å². The molecule has 1 fully saturated rings. The monoisotopic (exact) mass is 369 g/mol. The minimum absolute atomic E-state index is 0.470. The molecule has 0 aromatic carbocycles. The SMILES string of the molecule is C[C@H](NC(=O)NCCCCC1CCSS1)C(=O)NS(C)(=O)=O. The smallest absolute Gasteiger partial charge is 0.315 e. The molecule has 0 bridgehead atoms. The lowest BCUT2D eigenvalue weighted by Crippen LogP contribution is -2.49. The summed E-state index contributed by atoms with van der Waals surface area (Å²) in [4.78, 5) is 23.1. The van der Waals surface area contributed by atoms with Crippen molar-refractivity contribution in [3.8, 4) is 0 Å². The van der Waals surface area contributed by atoms with Crippen LogP contribution in [0.15, 0.2) is 0 Å². The molecule has 3 N–H and O–H groups in total. The maximum absolute atomic E-state index is 11.6. The topological polar surface area (TPSA) is 104 Å². The molecule has 1 unspecified atom stereocenters. The van der Waals surface area contributed by atoms with E-state index in [1.165, 1.54) is 19.1 Å². The average molecular weight is 370 g/mol. The van der Waals surface area contributed by atoms with Gasteiger partial charge in [0.25, 0.3) is 5.91 Å². The Bertz CT molecular complexity index is 478. The van der Waals surface area contributed by atoms with E-state index in [9.17, 15) is 18.0 Å². The number of hydrogen-bond acceptors (Lipinski definition) is 6. The van der Waals surface area contributed by atoms with Crippen LogP contribution in [-0.4, -0.2) is 50.2 Å². The van der Waals surface area contributed by atoms with Crippen LogP contribution in [0.3, 0.4) is 0 Å². The molecule has 1 aliphatic heterocycles. The zero-order chi connectivity index (χ0) is 16.6. The second kappa shape index (κ2) is 9.51. The molecule has 0 aromatic rings. The van der Waals surface area contributed by atoms with Crippen molar-refractivity contribution >= 4 is 43.5 Å². The van der Waals surface area contributed by atoms with Crippen molar-refractivity contribution in [3.63, 3.8) is 0 Å². The zero-order valence-electron chi connectivity index (χ0n) is 12.8. The molecule has 0 spiro atoms. The zero-order valence-corrected chi connectivity index (χ0v) is 15.2. The predicted octanol–water partition coefficient (Wildman–Crippen LogP) is 1.07. The second-order valence-electron chi connectivity index (χ2n) is 5.19. The van der Waals surface area contributed by atoms with Crippen molar-refractivity contribution in [2.24, 2.45) is 0 Å². The molecule has 0 aromatic heterocycles. The fourth-order valence-electron chi connectivity index (χ4n) is 1.85. The van der Waals surface area contributed by atoms with Crippen molar-refractivity contribution in [1.82, 2.24) is 15.4 Å². The third-order valence-corrected chi connectivity index (χ3v) is 6.57. The van der Waals surface area contributed by atoms with Crippen LogP contribution in [0.5, 0.6) is 0 Å². The summed E-state index contributed by atoms with van der Waals surface area (Å²) >= 11 is 0. The highest BCUT2D eigenvalue weighted by molar-refractivity contribution is 8.77. The van der Waals surface area contributed by atoms with Crippen molar-refractivity contribution in [2.75, 3.05) is 18.6 Å². The number of nitrogens with one attached hydrogen (secondary N) is 3. The Balaban J connectivity index is 2.10. The summed E-state index contributed by atoms with van der Waals surface area (Å²) < 4.78 is 23.7. The number of urea groups is 1. The summed E-state index contributed by atoms with van der Waals surface area (Å²) in [6.45, 7) is 1.96. The molecular formula is C12H23N3O4S3. The van der Waals surface area contributed by atoms with Gasteiger partial charge in [0, 0.05) is 17.5 Å². The highest BCUT2D eigenvalue weighted by Gasteiger charge is 2.18. The van der Waals surface area contributed by atoms with Gasteiger partial charge in [-0.3, -0.25) is 9.52 Å². The van der Waals surface area contributed by atoms with Gasteiger partial charge < -0.3 is 10.6 Å². The largest absolute Gasteiger partial charge is 0.338 e. The first-order valence-corrected chi connectivity index (χ1v) is 11.4. The van der Waals surface area contributed by atoms with Gasteiger partial charge in [0.05, 0.1) is 6.26 Å². The van der Waals surface area contributed by atoms with Crippen molar-refractivity contribution < 1.29 is 18.0 Å². The molecule has 3 amide bonds. The van der Waals surface area contributed by atoms with Gasteiger partial charge in [-0.05, 0) is 26.2 Å². The Hall–Kier alpha value is -0.610. The van der Waals surface area contributed by atoms with Crippen molar-refractivity contribution in [2.45, 2.75) is 43.9 Å². The van der Waals surface area contributed by atoms with E-state index in [0.29, 0.717) is 6.54 Å². The predicted molar refractivity (Wildman–Crippen MR) is 91.3 cm³/mol. The Kier molecular flexibility index (Phi) is 8.40. The van der Waals surface area contributed by atoms with Crippen LogP contribution in [0.2, 0.25) is 0 Å². The van der Waals surface area contributed by atoms with Gasteiger partial charge in [0.1, 0.15) is 6.04 Å². The van der Waals surface area contributed by atoms with E-state index in [0.717, 1.165) is 30.8 Å². The second-order valence-corrected chi connectivity index (χ2v) is 9.72. The Morgan fingerprint density at radius 3 is 2.64 bits per heavy atom. The molecule has 0 saturated carbocycles. The van der Waals surface area contributed by atoms with E-state index in [1.807, 2.05) is 26.3 Å². The molecule has 1 heterocycles. The number of rotatable bonds is 8. The van der Waals surface area contributed by atoms with Gasteiger partial charge >= 0.3 is 6.03 Å². The number of hydrogen-bond donors (Lipinski definition) is 3. The first-order chi connectivity index (χ1) is 10.3. The summed E-state index contributed by atoms with van der Waals surface area (Å²) in [7, 11) is 0.255. The minimum atomic E-state index is -3.61. The summed E-state index contributed by atoms with van der Waals surface area (Å²) in [5, 5.41) is 5.80. The van der Waals surface area contributed by atoms with Gasteiger partial charge in [-0.1, -0.05) is 28.0 Å². The molecule has 22 heavy (non-hydrogen) atoms. The fraction of sp³-hybridized carbons (Fsp3) is 0.833. The quantitative estimate of drug-likeness (QED) is 0.437. The van der Waals surface area contributed by atoms with Crippen molar-refractivity contribution in [1.29, 1.82) is 0 Å². The first kappa shape index (κ1) is 19.4. The lowest BCUT2D eigenvalue weighted by molar-refractivity contribution is -0.120. The summed E-state index contributed by atoms with van der Waals surface area (Å²) in [6, 6.07) is -1.39. The first-order valence-electron chi connectivity index (χ1n) is 7.12. The number of amides is 3. The Morgan fingerprint density at radius 1 is 1.32 bits per heavy atom. The standard InChI is InChI=1S/C12H23N3O4S3/c1-9(11(16)15-22(2,18)19)14-12(17)13-7-4-3-5-10-6-8-20-21-10/h9-10H,3-8H2,1-2H3,(H,15,16)(H2,13,14,17)/t9-,10?/m0/s1. The fourth-order valence-corrected chi connectivity index (χ4v) is 5.42. The van der Waals surface area contributed by atoms with Gasteiger partial charge in [-0.2, -0.15) is 0 Å². The summed E-state index contributed by atoms with van der Waals surface area (Å²) in [6.07, 6.45) is 5.25. The lowest BCUT2D eigenvalue weighted by atomic mass is 10.1. The highest BCUT2D eigenvalue weighted by Crippen LogP contribution is 2.39. The number of unbranched alkanes of at least 4 members (excludes halogenated alkanes) is 1. The normalized spacial score (nSPS) is 19.5. The van der Waals surface area contributed by atoms with E-state index in [-0.39, 0.29) is 0 Å². The summed E-state index contributed by atoms with van der Waals surface area (Å²) in [5.74, 6) is 0.470. The van der Waals surface area contributed by atoms with E-state index >= 15 is 0 Å². The Labute approximate surface area is 139 Å². The molecule has 0 radical (unpaired) electrons. The van der Waals surface area contributed by atoms with Crippen LogP contribution in [0.1, 0.15) is 32.6 Å². The molecule has 0 aliphatic carbocycles. The van der Waals surface area contributed by atoms with Crippen LogP contribution in [0.4, 0.5) is 4.79 Å². The van der Waals surface area contributed by atoms with Gasteiger partial charge in [0.2, 0.25) is 10.0 Å². The highest BCUT2D eigenvalue weighted by atomic mass is 33.1. The molecule has 7 nitrogen and oxygen atoms in total. The maximum atomic E-state index is 11.6. The Morgan fingerprint density at radius 2 is 2.05 bits per heavy atom. The molecule has 1 rings (SSSR count). The minimum Gasteiger partial charge on any atom is -0.338 e. The van der Waals surface area contributed by atoms with Gasteiger partial charge in [-0.15, -0.1) is 0 Å². The number of carbonyl (C=O) groups is 2. The molecule has 1 aliphatic rings. The molecular weight excluding hydrogens is 346 g/mol. The van der Waals surface area contributed by atoms with Crippen LogP contribution in [0, 0.1) is 0 Å². The lowest BCUT2D eigenvalue weighted by Gasteiger charge is -2.14. The maximum Gasteiger partial charge on any atom is 0.315 e. The summed E-state index contributed by atoms with van der Waals surface area (Å²) in [5.41, 5.74) is 0.